The Kier molecular flexibility index (Phi) is 5.39. The molecule has 0 atom stereocenters. The van der Waals surface area contributed by atoms with Crippen LogP contribution >= 0.6 is 0 Å². The van der Waals surface area contributed by atoms with E-state index in [1.165, 1.54) is 120 Å². The van der Waals surface area contributed by atoms with E-state index in [9.17, 15) is 0 Å². The molecule has 0 bridgehead atoms. The lowest BCUT2D eigenvalue weighted by Gasteiger charge is -2.16. The SMILES string of the molecule is c1cc(-c2cc3c4cccc5c4c(cc3c3ccccc23)-c2ncccc2-5)cc(-c2cc3c4cccc5c4c(cc3c3ccccc23)-c2ncccc2-5)c1. The van der Waals surface area contributed by atoms with E-state index in [0.717, 1.165) is 11.4 Å². The molecule has 2 heteroatoms. The van der Waals surface area contributed by atoms with Gasteiger partial charge in [0.25, 0.3) is 0 Å². The zero-order chi connectivity index (χ0) is 35.1. The van der Waals surface area contributed by atoms with Gasteiger partial charge in [0.05, 0.1) is 11.4 Å². The zero-order valence-corrected chi connectivity index (χ0v) is 29.1. The van der Waals surface area contributed by atoms with Gasteiger partial charge in [-0.25, -0.2) is 0 Å². The van der Waals surface area contributed by atoms with Crippen molar-refractivity contribution in [2.45, 2.75) is 0 Å². The number of nitrogens with zero attached hydrogens (tertiary/aromatic N) is 2. The minimum Gasteiger partial charge on any atom is -0.256 e. The number of hydrogen-bond donors (Lipinski definition) is 0. The summed E-state index contributed by atoms with van der Waals surface area (Å²) in [6, 6.07) is 58.6. The first-order chi connectivity index (χ1) is 26.8. The van der Waals surface area contributed by atoms with Gasteiger partial charge >= 0.3 is 0 Å². The molecule has 0 amide bonds. The van der Waals surface area contributed by atoms with Gasteiger partial charge in [-0.05, 0) is 140 Å². The van der Waals surface area contributed by atoms with Crippen LogP contribution in [0.2, 0.25) is 0 Å². The Bertz CT molecular complexity index is 3270. The molecule has 0 N–H and O–H groups in total. The van der Waals surface area contributed by atoms with Crippen molar-refractivity contribution in [2.24, 2.45) is 0 Å². The maximum absolute atomic E-state index is 4.87. The van der Waals surface area contributed by atoms with Crippen molar-refractivity contribution in [2.75, 3.05) is 0 Å². The van der Waals surface area contributed by atoms with Crippen LogP contribution in [0.5, 0.6) is 0 Å². The van der Waals surface area contributed by atoms with Gasteiger partial charge in [0, 0.05) is 34.6 Å². The Balaban J connectivity index is 1.07. The molecule has 11 aromatic rings. The first-order valence-corrected chi connectivity index (χ1v) is 18.6. The third kappa shape index (κ3) is 3.59. The van der Waals surface area contributed by atoms with E-state index >= 15 is 0 Å². The van der Waals surface area contributed by atoms with Crippen LogP contribution in [0.1, 0.15) is 0 Å². The van der Waals surface area contributed by atoms with Gasteiger partial charge in [-0.3, -0.25) is 9.97 Å². The van der Waals surface area contributed by atoms with Crippen LogP contribution in [0.15, 0.2) is 170 Å². The van der Waals surface area contributed by atoms with Gasteiger partial charge in [-0.2, -0.15) is 0 Å². The molecular weight excluding hydrogens is 653 g/mol. The highest BCUT2D eigenvalue weighted by Gasteiger charge is 2.26. The summed E-state index contributed by atoms with van der Waals surface area (Å²) in [5.41, 5.74) is 14.5. The first-order valence-electron chi connectivity index (χ1n) is 18.6. The summed E-state index contributed by atoms with van der Waals surface area (Å²) in [5, 5.41) is 15.3. The summed E-state index contributed by atoms with van der Waals surface area (Å²) < 4.78 is 0. The van der Waals surface area contributed by atoms with Crippen molar-refractivity contribution >= 4 is 64.6 Å². The molecule has 246 valence electrons. The van der Waals surface area contributed by atoms with E-state index in [1.807, 2.05) is 24.5 Å². The molecule has 2 aromatic heterocycles. The Morgan fingerprint density at radius 3 is 1.13 bits per heavy atom. The standard InChI is InChI=1S/C52H28N2/c1-3-14-33-31(12-1)41(25-45-37-18-6-16-35-39-20-8-22-53-51(39)47(49(35)37)27-43(33)45)29-10-5-11-30(24-29)42-26-46-38-19-7-17-36-40-21-9-23-54-52(40)48(50(36)38)28-44(46)34-15-4-2-13-32(34)42/h1-28H. The molecular formula is C52H28N2. The number of hydrogen-bond acceptors (Lipinski definition) is 2. The highest BCUT2D eigenvalue weighted by molar-refractivity contribution is 6.30. The number of fused-ring (bicyclic) bond motifs is 14. The molecule has 0 saturated carbocycles. The summed E-state index contributed by atoms with van der Waals surface area (Å²) in [6.07, 6.45) is 3.83. The summed E-state index contributed by atoms with van der Waals surface area (Å²) in [7, 11) is 0. The monoisotopic (exact) mass is 680 g/mol. The van der Waals surface area contributed by atoms with E-state index in [1.54, 1.807) is 0 Å². The minimum absolute atomic E-state index is 1.08. The molecule has 0 radical (unpaired) electrons. The molecule has 13 rings (SSSR count). The van der Waals surface area contributed by atoms with Crippen LogP contribution < -0.4 is 0 Å². The van der Waals surface area contributed by atoms with Crippen LogP contribution in [-0.2, 0) is 0 Å². The second-order valence-electron chi connectivity index (χ2n) is 14.8. The van der Waals surface area contributed by atoms with Crippen LogP contribution in [0.25, 0.3) is 132 Å². The van der Waals surface area contributed by atoms with Gasteiger partial charge in [0.1, 0.15) is 0 Å². The fraction of sp³-hybridized carbons (Fsp3) is 0. The van der Waals surface area contributed by atoms with Gasteiger partial charge in [0.2, 0.25) is 0 Å². The summed E-state index contributed by atoms with van der Waals surface area (Å²) >= 11 is 0. The van der Waals surface area contributed by atoms with Crippen molar-refractivity contribution < 1.29 is 0 Å². The number of rotatable bonds is 2. The van der Waals surface area contributed by atoms with Gasteiger partial charge in [-0.1, -0.05) is 115 Å². The van der Waals surface area contributed by atoms with Crippen LogP contribution in [-0.4, -0.2) is 9.97 Å². The van der Waals surface area contributed by atoms with Crippen molar-refractivity contribution in [1.82, 2.24) is 9.97 Å². The molecule has 0 unspecified atom stereocenters. The van der Waals surface area contributed by atoms with E-state index in [-0.39, 0.29) is 0 Å². The van der Waals surface area contributed by atoms with Crippen LogP contribution in [0, 0.1) is 0 Å². The third-order valence-corrected chi connectivity index (χ3v) is 12.2. The van der Waals surface area contributed by atoms with Gasteiger partial charge in [0.15, 0.2) is 0 Å². The molecule has 0 fully saturated rings. The highest BCUT2D eigenvalue weighted by Crippen LogP contribution is 2.52. The Morgan fingerprint density at radius 1 is 0.241 bits per heavy atom. The van der Waals surface area contributed by atoms with E-state index in [0.29, 0.717) is 0 Å². The van der Waals surface area contributed by atoms with E-state index < -0.39 is 0 Å². The summed E-state index contributed by atoms with van der Waals surface area (Å²) in [4.78, 5) is 9.73. The van der Waals surface area contributed by atoms with E-state index in [4.69, 9.17) is 9.97 Å². The lowest BCUT2D eigenvalue weighted by atomic mass is 9.87. The quantitative estimate of drug-likeness (QED) is 0.170. The van der Waals surface area contributed by atoms with Crippen molar-refractivity contribution in [1.29, 1.82) is 0 Å². The Hall–Kier alpha value is -7.16. The van der Waals surface area contributed by atoms with Crippen LogP contribution in [0.4, 0.5) is 0 Å². The lowest BCUT2D eigenvalue weighted by Crippen LogP contribution is -1.90. The van der Waals surface area contributed by atoms with Gasteiger partial charge < -0.3 is 0 Å². The maximum Gasteiger partial charge on any atom is 0.0787 e. The minimum atomic E-state index is 1.08. The fourth-order valence-electron chi connectivity index (χ4n) is 9.95. The molecule has 0 aliphatic heterocycles. The Morgan fingerprint density at radius 2 is 0.630 bits per heavy atom. The summed E-state index contributed by atoms with van der Waals surface area (Å²) in [5.74, 6) is 0. The molecule has 2 heterocycles. The number of pyridine rings is 2. The zero-order valence-electron chi connectivity index (χ0n) is 29.1. The third-order valence-electron chi connectivity index (χ3n) is 12.2. The molecule has 9 aromatic carbocycles. The molecule has 2 aliphatic carbocycles. The second-order valence-corrected chi connectivity index (χ2v) is 14.8. The second kappa shape index (κ2) is 10.2. The molecule has 0 saturated heterocycles. The van der Waals surface area contributed by atoms with Crippen molar-refractivity contribution in [3.8, 4) is 67.0 Å². The number of aromatic nitrogens is 2. The first kappa shape index (κ1) is 28.4. The van der Waals surface area contributed by atoms with E-state index in [2.05, 4.69) is 146 Å². The summed E-state index contributed by atoms with van der Waals surface area (Å²) in [6.45, 7) is 0. The van der Waals surface area contributed by atoms with Crippen molar-refractivity contribution in [3.63, 3.8) is 0 Å². The average molecular weight is 681 g/mol. The predicted molar refractivity (Wildman–Crippen MR) is 227 cm³/mol. The smallest absolute Gasteiger partial charge is 0.0787 e. The molecule has 0 spiro atoms. The predicted octanol–water partition coefficient (Wildman–Crippen LogP) is 14.0. The highest BCUT2D eigenvalue weighted by atomic mass is 14.7. The largest absolute Gasteiger partial charge is 0.256 e. The number of benzene rings is 9. The van der Waals surface area contributed by atoms with Gasteiger partial charge in [-0.15, -0.1) is 0 Å². The Labute approximate surface area is 310 Å². The average Bonchev–Trinajstić information content (AvgIpc) is 3.74. The molecule has 54 heavy (non-hydrogen) atoms. The lowest BCUT2D eigenvalue weighted by molar-refractivity contribution is 1.35. The topological polar surface area (TPSA) is 25.8 Å². The fourth-order valence-corrected chi connectivity index (χ4v) is 9.95. The van der Waals surface area contributed by atoms with Crippen molar-refractivity contribution in [3.05, 3.63) is 170 Å². The van der Waals surface area contributed by atoms with Crippen LogP contribution in [0.3, 0.4) is 0 Å². The molecule has 2 aliphatic rings. The normalized spacial score (nSPS) is 12.4. The molecule has 2 nitrogen and oxygen atoms in total. The maximum atomic E-state index is 4.87.